The fourth-order valence-corrected chi connectivity index (χ4v) is 4.05. The number of piperidine rings is 1. The van der Waals surface area contributed by atoms with Crippen LogP contribution in [0.15, 0.2) is 48.8 Å². The van der Waals surface area contributed by atoms with Crippen molar-refractivity contribution in [3.8, 4) is 0 Å². The largest absolute Gasteiger partial charge is 0.369 e. The number of fused-ring (bicyclic) bond motifs is 1. The molecule has 0 spiro atoms. The van der Waals surface area contributed by atoms with Crippen molar-refractivity contribution < 1.29 is 4.79 Å². The Kier molecular flexibility index (Phi) is 4.60. The van der Waals surface area contributed by atoms with Gasteiger partial charge in [0.05, 0.1) is 0 Å². The van der Waals surface area contributed by atoms with Gasteiger partial charge in [0.25, 0.3) is 5.91 Å². The van der Waals surface area contributed by atoms with Crippen molar-refractivity contribution in [1.82, 2.24) is 14.9 Å². The fraction of sp³-hybridized carbons (Fsp3) is 0.364. The molecule has 1 aromatic carbocycles. The number of aryl methyl sites for hydroxylation is 1. The van der Waals surface area contributed by atoms with E-state index in [1.807, 2.05) is 48.5 Å². The molecule has 0 aliphatic carbocycles. The van der Waals surface area contributed by atoms with E-state index in [4.69, 9.17) is 0 Å². The number of nitrogens with one attached hydrogen (secondary N) is 1. The minimum Gasteiger partial charge on any atom is -0.369 e. The summed E-state index contributed by atoms with van der Waals surface area (Å²) >= 11 is 0. The van der Waals surface area contributed by atoms with E-state index in [9.17, 15) is 4.79 Å². The maximum Gasteiger partial charge on any atom is 0.253 e. The van der Waals surface area contributed by atoms with Gasteiger partial charge in [0, 0.05) is 55.2 Å². The van der Waals surface area contributed by atoms with E-state index in [1.54, 1.807) is 0 Å². The van der Waals surface area contributed by atoms with Gasteiger partial charge in [0.1, 0.15) is 5.65 Å². The highest BCUT2D eigenvalue weighted by molar-refractivity contribution is 5.94. The van der Waals surface area contributed by atoms with E-state index in [1.165, 1.54) is 5.56 Å². The minimum atomic E-state index is 0.127. The molecule has 4 rings (SSSR count). The lowest BCUT2D eigenvalue weighted by molar-refractivity contribution is 0.0670. The molecule has 1 aliphatic heterocycles. The van der Waals surface area contributed by atoms with Crippen LogP contribution >= 0.6 is 0 Å². The molecule has 1 N–H and O–H groups in total. The lowest BCUT2D eigenvalue weighted by atomic mass is 9.91. The average molecular weight is 362 g/mol. The standard InChI is InChI=1S/C22H26N4O/c1-15-4-6-17(7-5-15)22(27)26-13-10-16(2)20(14-26)25(3)19-9-12-24-21-18(19)8-11-23-21/h4-9,11-12,16,20H,10,13-14H2,1-3H3,(H,23,24)/t16-,20?/m1/s1. The van der Waals surface area contributed by atoms with Crippen LogP contribution in [0.3, 0.4) is 0 Å². The first-order chi connectivity index (χ1) is 13.0. The van der Waals surface area contributed by atoms with Crippen LogP contribution in [0.2, 0.25) is 0 Å². The topological polar surface area (TPSA) is 52.2 Å². The molecule has 140 valence electrons. The van der Waals surface area contributed by atoms with Gasteiger partial charge in [-0.15, -0.1) is 0 Å². The molecule has 5 nitrogen and oxygen atoms in total. The van der Waals surface area contributed by atoms with Gasteiger partial charge in [-0.3, -0.25) is 4.79 Å². The van der Waals surface area contributed by atoms with E-state index < -0.39 is 0 Å². The van der Waals surface area contributed by atoms with Gasteiger partial charge in [0.15, 0.2) is 0 Å². The lowest BCUT2D eigenvalue weighted by Gasteiger charge is -2.42. The van der Waals surface area contributed by atoms with Crippen LogP contribution < -0.4 is 4.90 Å². The number of pyridine rings is 1. The quantitative estimate of drug-likeness (QED) is 0.770. The summed E-state index contributed by atoms with van der Waals surface area (Å²) in [5.74, 6) is 0.640. The monoisotopic (exact) mass is 362 g/mol. The summed E-state index contributed by atoms with van der Waals surface area (Å²) in [4.78, 5) is 24.9. The van der Waals surface area contributed by atoms with Gasteiger partial charge in [-0.25, -0.2) is 4.98 Å². The smallest absolute Gasteiger partial charge is 0.253 e. The normalized spacial score (nSPS) is 20.0. The highest BCUT2D eigenvalue weighted by Gasteiger charge is 2.32. The zero-order valence-corrected chi connectivity index (χ0v) is 16.1. The fourth-order valence-electron chi connectivity index (χ4n) is 4.05. The zero-order chi connectivity index (χ0) is 19.0. The molecule has 3 aromatic rings. The number of aromatic amines is 1. The van der Waals surface area contributed by atoms with E-state index in [0.717, 1.165) is 41.8 Å². The number of H-pyrrole nitrogens is 1. The highest BCUT2D eigenvalue weighted by atomic mass is 16.2. The van der Waals surface area contributed by atoms with Gasteiger partial charge in [-0.05, 0) is 43.5 Å². The molecule has 2 aromatic heterocycles. The summed E-state index contributed by atoms with van der Waals surface area (Å²) in [6.45, 7) is 5.87. The first kappa shape index (κ1) is 17.6. The summed E-state index contributed by atoms with van der Waals surface area (Å²) in [5.41, 5.74) is 4.00. The molecule has 0 saturated carbocycles. The number of likely N-dealkylation sites (N-methyl/N-ethyl adjacent to an activating group) is 1. The molecule has 5 heteroatoms. The van der Waals surface area contributed by atoms with Crippen molar-refractivity contribution >= 4 is 22.6 Å². The second-order valence-electron chi connectivity index (χ2n) is 7.63. The molecule has 2 atom stereocenters. The molecule has 1 amide bonds. The number of nitrogens with zero attached hydrogens (tertiary/aromatic N) is 3. The number of hydrogen-bond donors (Lipinski definition) is 1. The number of rotatable bonds is 3. The lowest BCUT2D eigenvalue weighted by Crippen LogP contribution is -2.52. The maximum absolute atomic E-state index is 13.0. The van der Waals surface area contributed by atoms with E-state index in [-0.39, 0.29) is 11.9 Å². The van der Waals surface area contributed by atoms with E-state index >= 15 is 0 Å². The van der Waals surface area contributed by atoms with Crippen LogP contribution in [0.5, 0.6) is 0 Å². The molecule has 1 unspecified atom stereocenters. The van der Waals surface area contributed by atoms with Crippen LogP contribution in [0.25, 0.3) is 11.0 Å². The molecule has 1 fully saturated rings. The van der Waals surface area contributed by atoms with Gasteiger partial charge in [-0.1, -0.05) is 24.6 Å². The Morgan fingerprint density at radius 3 is 2.78 bits per heavy atom. The predicted molar refractivity (Wildman–Crippen MR) is 109 cm³/mol. The number of aromatic nitrogens is 2. The van der Waals surface area contributed by atoms with Gasteiger partial charge < -0.3 is 14.8 Å². The van der Waals surface area contributed by atoms with Gasteiger partial charge in [0.2, 0.25) is 0 Å². The second kappa shape index (κ2) is 7.06. The Hall–Kier alpha value is -2.82. The van der Waals surface area contributed by atoms with Crippen molar-refractivity contribution in [2.45, 2.75) is 26.3 Å². The molecule has 27 heavy (non-hydrogen) atoms. The number of hydrogen-bond acceptors (Lipinski definition) is 3. The summed E-state index contributed by atoms with van der Waals surface area (Å²) in [6.07, 6.45) is 4.77. The van der Waals surface area contributed by atoms with E-state index in [0.29, 0.717) is 5.92 Å². The molecule has 0 bridgehead atoms. The van der Waals surface area contributed by atoms with Crippen molar-refractivity contribution in [2.24, 2.45) is 5.92 Å². The number of amides is 1. The van der Waals surface area contributed by atoms with Crippen molar-refractivity contribution in [3.05, 3.63) is 59.9 Å². The number of anilines is 1. The Morgan fingerprint density at radius 2 is 2.00 bits per heavy atom. The van der Waals surface area contributed by atoms with E-state index in [2.05, 4.69) is 41.0 Å². The molecule has 0 radical (unpaired) electrons. The Labute approximate surface area is 160 Å². The molecule has 1 aliphatic rings. The SMILES string of the molecule is Cc1ccc(C(=O)N2CC[C@@H](C)C(N(C)c3ccnc4[nH]ccc34)C2)cc1. The van der Waals surface area contributed by atoms with Crippen LogP contribution in [-0.4, -0.2) is 47.0 Å². The molecular formula is C22H26N4O. The third-order valence-electron chi connectivity index (χ3n) is 5.82. The maximum atomic E-state index is 13.0. The summed E-state index contributed by atoms with van der Waals surface area (Å²) in [7, 11) is 2.13. The highest BCUT2D eigenvalue weighted by Crippen LogP contribution is 2.30. The predicted octanol–water partition coefficient (Wildman–Crippen LogP) is 3.86. The minimum absolute atomic E-state index is 0.127. The van der Waals surface area contributed by atoms with Crippen molar-refractivity contribution in [3.63, 3.8) is 0 Å². The van der Waals surface area contributed by atoms with Gasteiger partial charge in [-0.2, -0.15) is 0 Å². The molecule has 1 saturated heterocycles. The summed E-state index contributed by atoms with van der Waals surface area (Å²) in [6, 6.07) is 12.3. The first-order valence-corrected chi connectivity index (χ1v) is 9.55. The van der Waals surface area contributed by atoms with Crippen LogP contribution in [0, 0.1) is 12.8 Å². The van der Waals surface area contributed by atoms with Crippen LogP contribution in [0.4, 0.5) is 5.69 Å². The Balaban J connectivity index is 1.58. The Bertz CT molecular complexity index is 946. The molecular weight excluding hydrogens is 336 g/mol. The summed E-state index contributed by atoms with van der Waals surface area (Å²) < 4.78 is 0. The first-order valence-electron chi connectivity index (χ1n) is 9.55. The van der Waals surface area contributed by atoms with Crippen LogP contribution in [-0.2, 0) is 0 Å². The number of carbonyl (C=O) groups is 1. The second-order valence-corrected chi connectivity index (χ2v) is 7.63. The third kappa shape index (κ3) is 3.29. The number of likely N-dealkylation sites (tertiary alicyclic amines) is 1. The summed E-state index contributed by atoms with van der Waals surface area (Å²) in [5, 5.41) is 1.12. The number of benzene rings is 1. The third-order valence-corrected chi connectivity index (χ3v) is 5.82. The zero-order valence-electron chi connectivity index (χ0n) is 16.1. The van der Waals surface area contributed by atoms with Crippen molar-refractivity contribution in [2.75, 3.05) is 25.0 Å². The average Bonchev–Trinajstić information content (AvgIpc) is 3.17. The van der Waals surface area contributed by atoms with Crippen molar-refractivity contribution in [1.29, 1.82) is 0 Å². The Morgan fingerprint density at radius 1 is 1.22 bits per heavy atom. The molecule has 3 heterocycles. The number of carbonyl (C=O) groups excluding carboxylic acids is 1. The van der Waals surface area contributed by atoms with Crippen LogP contribution in [0.1, 0.15) is 29.3 Å². The van der Waals surface area contributed by atoms with Gasteiger partial charge >= 0.3 is 0 Å².